The maximum atomic E-state index is 6.06. The predicted octanol–water partition coefficient (Wildman–Crippen LogP) is 3.42. The molecule has 134 valence electrons. The summed E-state index contributed by atoms with van der Waals surface area (Å²) in [4.78, 5) is 1.55. The largest absolute Gasteiger partial charge is 0.316 e. The van der Waals surface area contributed by atoms with Crippen LogP contribution in [0.15, 0.2) is 54.6 Å². The van der Waals surface area contributed by atoms with Gasteiger partial charge in [0, 0.05) is 23.4 Å². The summed E-state index contributed by atoms with van der Waals surface area (Å²) in [6, 6.07) is 18.2. The van der Waals surface area contributed by atoms with Crippen LogP contribution in [-0.4, -0.2) is 27.4 Å². The zero-order valence-electron chi connectivity index (χ0n) is 14.6. The predicted molar refractivity (Wildman–Crippen MR) is 107 cm³/mol. The van der Waals surface area contributed by atoms with Crippen molar-refractivity contribution in [1.29, 1.82) is 0 Å². The number of halogens is 1. The monoisotopic (exact) mass is 385 g/mol. The lowest BCUT2D eigenvalue weighted by atomic mass is 10.2. The van der Waals surface area contributed by atoms with E-state index in [2.05, 4.69) is 28.8 Å². The minimum absolute atomic E-state index is 0.715. The van der Waals surface area contributed by atoms with Crippen LogP contribution in [0.25, 0.3) is 11.4 Å². The first-order chi connectivity index (χ1) is 12.7. The van der Waals surface area contributed by atoms with Gasteiger partial charge in [0.1, 0.15) is 0 Å². The second-order valence-electron chi connectivity index (χ2n) is 6.80. The molecule has 0 unspecified atom stereocenters. The molecule has 1 aromatic heterocycles. The van der Waals surface area contributed by atoms with Crippen molar-refractivity contribution in [2.75, 3.05) is 13.1 Å². The van der Waals surface area contributed by atoms with E-state index in [4.69, 9.17) is 28.9 Å². The number of likely N-dealkylation sites (tertiary alicyclic amines) is 1. The van der Waals surface area contributed by atoms with E-state index in [-0.39, 0.29) is 0 Å². The second-order valence-corrected chi connectivity index (χ2v) is 7.60. The SMILES string of the molecule is S=c1n(C[NH+]2CCCC2)nc(-c2ccc(Cl)cc2)n1Cc1ccccc1. The molecule has 0 aliphatic carbocycles. The van der Waals surface area contributed by atoms with Gasteiger partial charge >= 0.3 is 0 Å². The van der Waals surface area contributed by atoms with Gasteiger partial charge in [-0.2, -0.15) is 4.68 Å². The molecule has 6 heteroatoms. The van der Waals surface area contributed by atoms with Gasteiger partial charge in [0.2, 0.25) is 4.77 Å². The number of hydrogen-bond acceptors (Lipinski definition) is 2. The molecule has 3 aromatic rings. The number of aromatic nitrogens is 3. The van der Waals surface area contributed by atoms with Gasteiger partial charge < -0.3 is 4.90 Å². The third-order valence-electron chi connectivity index (χ3n) is 4.89. The van der Waals surface area contributed by atoms with E-state index in [0.29, 0.717) is 6.54 Å². The summed E-state index contributed by atoms with van der Waals surface area (Å²) in [5, 5.41) is 5.61. The lowest BCUT2D eigenvalue weighted by molar-refractivity contribution is -0.911. The van der Waals surface area contributed by atoms with Crippen LogP contribution >= 0.6 is 23.8 Å². The summed E-state index contributed by atoms with van der Waals surface area (Å²) < 4.78 is 4.89. The Bertz CT molecular complexity index is 925. The van der Waals surface area contributed by atoms with Gasteiger partial charge in [-0.05, 0) is 42.0 Å². The Morgan fingerprint density at radius 1 is 1.00 bits per heavy atom. The summed E-state index contributed by atoms with van der Waals surface area (Å²) in [5.41, 5.74) is 2.25. The highest BCUT2D eigenvalue weighted by molar-refractivity contribution is 7.71. The lowest BCUT2D eigenvalue weighted by Gasteiger charge is -2.11. The molecule has 26 heavy (non-hydrogen) atoms. The summed E-state index contributed by atoms with van der Waals surface area (Å²) in [5.74, 6) is 0.897. The van der Waals surface area contributed by atoms with E-state index in [0.717, 1.165) is 27.9 Å². The van der Waals surface area contributed by atoms with Crippen molar-refractivity contribution in [3.63, 3.8) is 0 Å². The molecule has 4 nitrogen and oxygen atoms in total. The Kier molecular flexibility index (Phi) is 5.20. The van der Waals surface area contributed by atoms with Crippen molar-refractivity contribution in [2.24, 2.45) is 0 Å². The first-order valence-corrected chi connectivity index (χ1v) is 9.80. The van der Waals surface area contributed by atoms with Gasteiger partial charge in [-0.25, -0.2) is 0 Å². The van der Waals surface area contributed by atoms with Crippen LogP contribution in [0.1, 0.15) is 18.4 Å². The zero-order valence-corrected chi connectivity index (χ0v) is 16.1. The van der Waals surface area contributed by atoms with Crippen LogP contribution in [0.4, 0.5) is 0 Å². The Labute approximate surface area is 163 Å². The third kappa shape index (κ3) is 3.75. The van der Waals surface area contributed by atoms with Crippen molar-refractivity contribution in [3.05, 3.63) is 70.0 Å². The highest BCUT2D eigenvalue weighted by Crippen LogP contribution is 2.22. The Morgan fingerprint density at radius 2 is 1.69 bits per heavy atom. The number of rotatable bonds is 5. The minimum atomic E-state index is 0.715. The summed E-state index contributed by atoms with van der Waals surface area (Å²) in [6.45, 7) is 3.95. The summed E-state index contributed by atoms with van der Waals surface area (Å²) in [7, 11) is 0. The molecule has 2 aromatic carbocycles. The van der Waals surface area contributed by atoms with Gasteiger partial charge in [0.15, 0.2) is 12.5 Å². The van der Waals surface area contributed by atoms with Crippen molar-refractivity contribution < 1.29 is 4.90 Å². The number of nitrogens with zero attached hydrogens (tertiary/aromatic N) is 3. The fourth-order valence-corrected chi connectivity index (χ4v) is 3.89. The molecule has 1 saturated heterocycles. The molecule has 0 bridgehead atoms. The second kappa shape index (κ2) is 7.74. The molecule has 0 atom stereocenters. The minimum Gasteiger partial charge on any atom is -0.316 e. The van der Waals surface area contributed by atoms with Crippen LogP contribution in [0, 0.1) is 4.77 Å². The molecule has 0 radical (unpaired) electrons. The Hall–Kier alpha value is -1.95. The van der Waals surface area contributed by atoms with E-state index < -0.39 is 0 Å². The first kappa shape index (κ1) is 17.5. The van der Waals surface area contributed by atoms with Gasteiger partial charge in [-0.1, -0.05) is 41.9 Å². The van der Waals surface area contributed by atoms with Crippen molar-refractivity contribution in [1.82, 2.24) is 14.3 Å². The molecule has 1 aliphatic heterocycles. The molecule has 2 heterocycles. The van der Waals surface area contributed by atoms with Gasteiger partial charge in [0.05, 0.1) is 19.6 Å². The van der Waals surface area contributed by atoms with Crippen molar-refractivity contribution in [3.8, 4) is 11.4 Å². The summed E-state index contributed by atoms with van der Waals surface area (Å²) >= 11 is 11.9. The topological polar surface area (TPSA) is 27.2 Å². The molecule has 1 fully saturated rings. The van der Waals surface area contributed by atoms with E-state index in [9.17, 15) is 0 Å². The average Bonchev–Trinajstić information content (AvgIpc) is 3.27. The fraction of sp³-hybridized carbons (Fsp3) is 0.300. The number of hydrogen-bond donors (Lipinski definition) is 1. The highest BCUT2D eigenvalue weighted by Gasteiger charge is 2.19. The normalized spacial score (nSPS) is 14.8. The molecular weight excluding hydrogens is 364 g/mol. The molecular formula is C20H22ClN4S+. The average molecular weight is 386 g/mol. The van der Waals surface area contributed by atoms with Crippen LogP contribution < -0.4 is 4.90 Å². The van der Waals surface area contributed by atoms with Crippen LogP contribution in [-0.2, 0) is 13.2 Å². The number of quaternary nitrogens is 1. The molecule has 0 saturated carbocycles. The smallest absolute Gasteiger partial charge is 0.203 e. The highest BCUT2D eigenvalue weighted by atomic mass is 35.5. The quantitative estimate of drug-likeness (QED) is 0.681. The van der Waals surface area contributed by atoms with Gasteiger partial charge in [-0.15, -0.1) is 5.10 Å². The number of benzene rings is 2. The molecule has 4 rings (SSSR count). The van der Waals surface area contributed by atoms with Gasteiger partial charge in [-0.3, -0.25) is 4.57 Å². The first-order valence-electron chi connectivity index (χ1n) is 9.02. The lowest BCUT2D eigenvalue weighted by Crippen LogP contribution is -3.09. The third-order valence-corrected chi connectivity index (χ3v) is 5.58. The zero-order chi connectivity index (χ0) is 17.9. The molecule has 0 spiro atoms. The standard InChI is InChI=1S/C20H21ClN4S/c21-18-10-8-17(9-11-18)19-22-25(15-23-12-4-5-13-23)20(26)24(19)14-16-6-2-1-3-7-16/h1-3,6-11H,4-5,12-15H2/p+1. The van der Waals surface area contributed by atoms with Crippen LogP contribution in [0.2, 0.25) is 5.02 Å². The van der Waals surface area contributed by atoms with E-state index in [1.165, 1.54) is 31.5 Å². The number of nitrogens with one attached hydrogen (secondary N) is 1. The molecule has 0 amide bonds. The maximum absolute atomic E-state index is 6.06. The Balaban J connectivity index is 1.74. The van der Waals surface area contributed by atoms with Crippen LogP contribution in [0.3, 0.4) is 0 Å². The maximum Gasteiger partial charge on any atom is 0.203 e. The molecule has 1 aliphatic rings. The van der Waals surface area contributed by atoms with E-state index in [1.807, 2.05) is 35.0 Å². The van der Waals surface area contributed by atoms with E-state index >= 15 is 0 Å². The van der Waals surface area contributed by atoms with Crippen LogP contribution in [0.5, 0.6) is 0 Å². The van der Waals surface area contributed by atoms with Crippen molar-refractivity contribution in [2.45, 2.75) is 26.1 Å². The van der Waals surface area contributed by atoms with Gasteiger partial charge in [0.25, 0.3) is 0 Å². The van der Waals surface area contributed by atoms with E-state index in [1.54, 1.807) is 4.90 Å². The van der Waals surface area contributed by atoms with Crippen molar-refractivity contribution >= 4 is 23.8 Å². The summed E-state index contributed by atoms with van der Waals surface area (Å²) in [6.07, 6.45) is 2.58. The Morgan fingerprint density at radius 3 is 2.38 bits per heavy atom. The fourth-order valence-electron chi connectivity index (χ4n) is 3.51. The molecule has 1 N–H and O–H groups in total.